The van der Waals surface area contributed by atoms with Crippen LogP contribution in [0.3, 0.4) is 0 Å². The van der Waals surface area contributed by atoms with E-state index in [0.717, 1.165) is 30.9 Å². The van der Waals surface area contributed by atoms with E-state index in [4.69, 9.17) is 14.0 Å². The molecule has 0 amide bonds. The molecule has 1 aliphatic rings. The molecule has 124 valence electrons. The zero-order valence-electron chi connectivity index (χ0n) is 13.7. The fraction of sp³-hybridized carbons (Fsp3) is 0.529. The predicted octanol–water partition coefficient (Wildman–Crippen LogP) is 2.75. The van der Waals surface area contributed by atoms with Crippen molar-refractivity contribution in [1.82, 2.24) is 15.0 Å². The third kappa shape index (κ3) is 4.30. The Kier molecular flexibility index (Phi) is 5.25. The van der Waals surface area contributed by atoms with E-state index >= 15 is 0 Å². The minimum absolute atomic E-state index is 0.321. The summed E-state index contributed by atoms with van der Waals surface area (Å²) in [4.78, 5) is 6.65. The van der Waals surface area contributed by atoms with Crippen molar-refractivity contribution in [1.29, 1.82) is 0 Å². The number of hydrogen-bond donors (Lipinski definition) is 0. The van der Waals surface area contributed by atoms with Gasteiger partial charge >= 0.3 is 0 Å². The van der Waals surface area contributed by atoms with Crippen molar-refractivity contribution in [3.8, 4) is 17.2 Å². The number of methoxy groups -OCH3 is 1. The van der Waals surface area contributed by atoms with Crippen molar-refractivity contribution >= 4 is 0 Å². The first-order valence-electron chi connectivity index (χ1n) is 8.02. The van der Waals surface area contributed by atoms with E-state index < -0.39 is 0 Å². The molecule has 0 bridgehead atoms. The SMILES string of the molecule is COc1ccc(-c2nc(CN(C)C[C@H]3CCCCO3)no2)cc1. The van der Waals surface area contributed by atoms with Crippen LogP contribution in [0.1, 0.15) is 25.1 Å². The molecular weight excluding hydrogens is 294 g/mol. The third-order valence-electron chi connectivity index (χ3n) is 4.01. The maximum atomic E-state index is 5.76. The number of aromatic nitrogens is 2. The Morgan fingerprint density at radius 2 is 2.09 bits per heavy atom. The molecule has 2 heterocycles. The molecule has 23 heavy (non-hydrogen) atoms. The van der Waals surface area contributed by atoms with E-state index in [1.165, 1.54) is 12.8 Å². The second kappa shape index (κ2) is 7.57. The predicted molar refractivity (Wildman–Crippen MR) is 86.2 cm³/mol. The maximum absolute atomic E-state index is 5.76. The van der Waals surface area contributed by atoms with Gasteiger partial charge in [0, 0.05) is 18.7 Å². The summed E-state index contributed by atoms with van der Waals surface area (Å²) in [5.41, 5.74) is 0.891. The van der Waals surface area contributed by atoms with Crippen LogP contribution in [0.4, 0.5) is 0 Å². The normalized spacial score (nSPS) is 18.3. The van der Waals surface area contributed by atoms with Gasteiger partial charge in [-0.3, -0.25) is 4.90 Å². The van der Waals surface area contributed by atoms with Crippen molar-refractivity contribution in [2.24, 2.45) is 0 Å². The number of hydrogen-bond acceptors (Lipinski definition) is 6. The highest BCUT2D eigenvalue weighted by molar-refractivity contribution is 5.54. The fourth-order valence-electron chi connectivity index (χ4n) is 2.77. The van der Waals surface area contributed by atoms with Gasteiger partial charge in [-0.15, -0.1) is 0 Å². The Morgan fingerprint density at radius 1 is 1.26 bits per heavy atom. The smallest absolute Gasteiger partial charge is 0.257 e. The molecule has 0 N–H and O–H groups in total. The summed E-state index contributed by atoms with van der Waals surface area (Å²) in [7, 11) is 3.70. The number of likely N-dealkylation sites (N-methyl/N-ethyl adjacent to an activating group) is 1. The molecule has 0 unspecified atom stereocenters. The summed E-state index contributed by atoms with van der Waals surface area (Å²) < 4.78 is 16.3. The highest BCUT2D eigenvalue weighted by Crippen LogP contribution is 2.21. The summed E-state index contributed by atoms with van der Waals surface area (Å²) in [6.07, 6.45) is 3.88. The Morgan fingerprint density at radius 3 is 2.78 bits per heavy atom. The van der Waals surface area contributed by atoms with Crippen molar-refractivity contribution in [2.45, 2.75) is 31.9 Å². The second-order valence-electron chi connectivity index (χ2n) is 5.93. The molecule has 1 aromatic heterocycles. The summed E-state index contributed by atoms with van der Waals surface area (Å²) in [6.45, 7) is 2.42. The van der Waals surface area contributed by atoms with Gasteiger partial charge in [0.1, 0.15) is 5.75 Å². The first-order chi connectivity index (χ1) is 11.2. The van der Waals surface area contributed by atoms with Crippen molar-refractivity contribution in [3.63, 3.8) is 0 Å². The Labute approximate surface area is 136 Å². The van der Waals surface area contributed by atoms with Gasteiger partial charge in [0.05, 0.1) is 19.8 Å². The average molecular weight is 317 g/mol. The van der Waals surface area contributed by atoms with E-state index in [1.807, 2.05) is 24.3 Å². The summed E-state index contributed by atoms with van der Waals surface area (Å²) in [5, 5.41) is 4.07. The summed E-state index contributed by atoms with van der Waals surface area (Å²) >= 11 is 0. The molecule has 0 saturated carbocycles. The molecule has 1 atom stereocenters. The highest BCUT2D eigenvalue weighted by atomic mass is 16.5. The van der Waals surface area contributed by atoms with Crippen LogP contribution in [0.2, 0.25) is 0 Å². The molecule has 6 nitrogen and oxygen atoms in total. The minimum Gasteiger partial charge on any atom is -0.497 e. The monoisotopic (exact) mass is 317 g/mol. The zero-order chi connectivity index (χ0) is 16.1. The van der Waals surface area contributed by atoms with Gasteiger partial charge in [-0.25, -0.2) is 0 Å². The maximum Gasteiger partial charge on any atom is 0.257 e. The Bertz CT molecular complexity index is 606. The van der Waals surface area contributed by atoms with Crippen LogP contribution in [-0.4, -0.2) is 48.5 Å². The van der Waals surface area contributed by atoms with E-state index in [1.54, 1.807) is 7.11 Å². The van der Waals surface area contributed by atoms with Crippen LogP contribution in [0.25, 0.3) is 11.5 Å². The topological polar surface area (TPSA) is 60.6 Å². The molecule has 3 rings (SSSR count). The Hall–Kier alpha value is -1.92. The van der Waals surface area contributed by atoms with E-state index in [2.05, 4.69) is 22.1 Å². The number of ether oxygens (including phenoxy) is 2. The first-order valence-corrected chi connectivity index (χ1v) is 8.02. The molecule has 1 fully saturated rings. The van der Waals surface area contributed by atoms with Crippen molar-refractivity contribution in [2.75, 3.05) is 27.3 Å². The van der Waals surface area contributed by atoms with Crippen LogP contribution in [0, 0.1) is 0 Å². The van der Waals surface area contributed by atoms with Gasteiger partial charge in [0.25, 0.3) is 5.89 Å². The summed E-state index contributed by atoms with van der Waals surface area (Å²) in [6, 6.07) is 7.59. The second-order valence-corrected chi connectivity index (χ2v) is 5.93. The molecule has 1 saturated heterocycles. The minimum atomic E-state index is 0.321. The number of nitrogens with zero attached hydrogens (tertiary/aromatic N) is 3. The molecular formula is C17H23N3O3. The van der Waals surface area contributed by atoms with E-state index in [9.17, 15) is 0 Å². The molecule has 1 aliphatic heterocycles. The Balaban J connectivity index is 1.57. The lowest BCUT2D eigenvalue weighted by Gasteiger charge is -2.26. The lowest BCUT2D eigenvalue weighted by Crippen LogP contribution is -2.33. The first kappa shape index (κ1) is 16.0. The lowest BCUT2D eigenvalue weighted by atomic mass is 10.1. The van der Waals surface area contributed by atoms with Gasteiger partial charge in [0.2, 0.25) is 0 Å². The number of rotatable bonds is 6. The molecule has 0 radical (unpaired) electrons. The van der Waals surface area contributed by atoms with Crippen molar-refractivity contribution in [3.05, 3.63) is 30.1 Å². The zero-order valence-corrected chi connectivity index (χ0v) is 13.7. The van der Waals surface area contributed by atoms with Crippen LogP contribution < -0.4 is 4.74 Å². The average Bonchev–Trinajstić information content (AvgIpc) is 3.04. The lowest BCUT2D eigenvalue weighted by molar-refractivity contribution is -0.00299. The molecule has 0 spiro atoms. The highest BCUT2D eigenvalue weighted by Gasteiger charge is 2.17. The van der Waals surface area contributed by atoms with Crippen LogP contribution in [0.5, 0.6) is 5.75 Å². The van der Waals surface area contributed by atoms with Crippen LogP contribution in [0.15, 0.2) is 28.8 Å². The van der Waals surface area contributed by atoms with Crippen LogP contribution >= 0.6 is 0 Å². The fourth-order valence-corrected chi connectivity index (χ4v) is 2.77. The van der Waals surface area contributed by atoms with Crippen LogP contribution in [-0.2, 0) is 11.3 Å². The van der Waals surface area contributed by atoms with E-state index in [0.29, 0.717) is 24.4 Å². The van der Waals surface area contributed by atoms with Gasteiger partial charge in [0.15, 0.2) is 5.82 Å². The van der Waals surface area contributed by atoms with Crippen molar-refractivity contribution < 1.29 is 14.0 Å². The quantitative estimate of drug-likeness (QED) is 0.816. The third-order valence-corrected chi connectivity index (χ3v) is 4.01. The molecule has 1 aromatic carbocycles. The molecule has 0 aliphatic carbocycles. The standard InChI is InChI=1S/C17H23N3O3/c1-20(11-15-5-3-4-10-22-15)12-16-18-17(23-19-16)13-6-8-14(21-2)9-7-13/h6-9,15H,3-5,10-12H2,1-2H3/t15-/m1/s1. The molecule has 6 heteroatoms. The van der Waals surface area contributed by atoms with Gasteiger partial charge in [-0.05, 0) is 50.6 Å². The molecule has 2 aromatic rings. The number of benzene rings is 1. The van der Waals surface area contributed by atoms with E-state index in [-0.39, 0.29) is 0 Å². The summed E-state index contributed by atoms with van der Waals surface area (Å²) in [5.74, 6) is 2.03. The largest absolute Gasteiger partial charge is 0.497 e. The van der Waals surface area contributed by atoms with Gasteiger partial charge in [-0.1, -0.05) is 5.16 Å². The van der Waals surface area contributed by atoms with Gasteiger partial charge < -0.3 is 14.0 Å². The van der Waals surface area contributed by atoms with Gasteiger partial charge in [-0.2, -0.15) is 4.98 Å².